The Balaban J connectivity index is 3.51. The molecule has 1 heteroatoms. The lowest BCUT2D eigenvalue weighted by molar-refractivity contribution is 0.293. The van der Waals surface area contributed by atoms with Crippen LogP contribution in [0.15, 0.2) is 0 Å². The van der Waals surface area contributed by atoms with Gasteiger partial charge in [0.15, 0.2) is 0 Å². The van der Waals surface area contributed by atoms with E-state index in [9.17, 15) is 0 Å². The maximum Gasteiger partial charge on any atom is 0.00862 e. The third-order valence-electron chi connectivity index (χ3n) is 2.71. The fourth-order valence-electron chi connectivity index (χ4n) is 1.61. The second-order valence-corrected chi connectivity index (χ2v) is 5.57. The average Bonchev–Trinajstić information content (AvgIpc) is 2.13. The van der Waals surface area contributed by atoms with Gasteiger partial charge in [-0.3, -0.25) is 0 Å². The van der Waals surface area contributed by atoms with Crippen LogP contribution in [0.1, 0.15) is 53.4 Å². The summed E-state index contributed by atoms with van der Waals surface area (Å²) in [6.45, 7) is 11.4. The number of nitrogens with one attached hydrogen (secondary N) is 1. The fraction of sp³-hybridized carbons (Fsp3) is 0.857. The molecular weight excluding hydrogens is 182 g/mol. The minimum absolute atomic E-state index is 0.431. The van der Waals surface area contributed by atoms with E-state index in [4.69, 9.17) is 6.42 Å². The molecule has 0 aliphatic carbocycles. The molecule has 15 heavy (non-hydrogen) atoms. The zero-order valence-corrected chi connectivity index (χ0v) is 10.9. The monoisotopic (exact) mass is 209 g/mol. The van der Waals surface area contributed by atoms with Crippen molar-refractivity contribution >= 4 is 0 Å². The second kappa shape index (κ2) is 7.77. The van der Waals surface area contributed by atoms with Crippen LogP contribution in [0, 0.1) is 23.7 Å². The molecule has 0 unspecified atom stereocenters. The summed E-state index contributed by atoms with van der Waals surface area (Å²) in [6.07, 6.45) is 9.81. The fourth-order valence-corrected chi connectivity index (χ4v) is 1.61. The highest BCUT2D eigenvalue weighted by atomic mass is 14.8. The molecule has 1 nitrogen and oxygen atoms in total. The summed E-state index contributed by atoms with van der Waals surface area (Å²) in [5.41, 5.74) is 0.431. The van der Waals surface area contributed by atoms with E-state index in [-0.39, 0.29) is 0 Å². The van der Waals surface area contributed by atoms with Crippen LogP contribution >= 0.6 is 0 Å². The zero-order chi connectivity index (χ0) is 11.7. The molecule has 0 radical (unpaired) electrons. The van der Waals surface area contributed by atoms with E-state index in [0.717, 1.165) is 31.8 Å². The van der Waals surface area contributed by atoms with Gasteiger partial charge in [-0.1, -0.05) is 27.7 Å². The molecule has 0 aromatic carbocycles. The standard InChI is InChI=1S/C14H27N/c1-6-7-8-9-14(4,5)10-11-15-12-13(2)3/h1,13,15H,7-12H2,2-5H3. The molecule has 0 aliphatic rings. The van der Waals surface area contributed by atoms with Gasteiger partial charge in [0.05, 0.1) is 0 Å². The van der Waals surface area contributed by atoms with Crippen molar-refractivity contribution in [3.8, 4) is 12.3 Å². The van der Waals surface area contributed by atoms with Gasteiger partial charge in [0, 0.05) is 6.42 Å². The summed E-state index contributed by atoms with van der Waals surface area (Å²) in [6, 6.07) is 0. The third-order valence-corrected chi connectivity index (χ3v) is 2.71. The van der Waals surface area contributed by atoms with Gasteiger partial charge in [0.25, 0.3) is 0 Å². The predicted octanol–water partition coefficient (Wildman–Crippen LogP) is 3.45. The van der Waals surface area contributed by atoms with Gasteiger partial charge in [-0.15, -0.1) is 12.3 Å². The van der Waals surface area contributed by atoms with E-state index in [0.29, 0.717) is 5.41 Å². The molecule has 0 fully saturated rings. The Morgan fingerprint density at radius 3 is 2.47 bits per heavy atom. The van der Waals surface area contributed by atoms with Crippen LogP contribution in [0.25, 0.3) is 0 Å². The first kappa shape index (κ1) is 14.5. The van der Waals surface area contributed by atoms with E-state index in [1.165, 1.54) is 12.8 Å². The SMILES string of the molecule is C#CCCCC(C)(C)CCNCC(C)C. The summed E-state index contributed by atoms with van der Waals surface area (Å²) >= 11 is 0. The lowest BCUT2D eigenvalue weighted by Gasteiger charge is -2.24. The Morgan fingerprint density at radius 1 is 1.27 bits per heavy atom. The summed E-state index contributed by atoms with van der Waals surface area (Å²) in [4.78, 5) is 0. The Morgan fingerprint density at radius 2 is 1.93 bits per heavy atom. The Bertz CT molecular complexity index is 186. The maximum atomic E-state index is 5.25. The normalized spacial score (nSPS) is 11.7. The molecular formula is C14H27N. The first-order valence-electron chi connectivity index (χ1n) is 6.12. The van der Waals surface area contributed by atoms with Crippen LogP contribution in [0.2, 0.25) is 0 Å². The maximum absolute atomic E-state index is 5.25. The lowest BCUT2D eigenvalue weighted by Crippen LogP contribution is -2.25. The predicted molar refractivity (Wildman–Crippen MR) is 68.8 cm³/mol. The van der Waals surface area contributed by atoms with Crippen LogP contribution in [0.5, 0.6) is 0 Å². The molecule has 0 saturated heterocycles. The van der Waals surface area contributed by atoms with Crippen LogP contribution in [-0.2, 0) is 0 Å². The molecule has 0 spiro atoms. The van der Waals surface area contributed by atoms with Gasteiger partial charge in [-0.2, -0.15) is 0 Å². The van der Waals surface area contributed by atoms with Crippen molar-refractivity contribution in [1.29, 1.82) is 0 Å². The molecule has 1 N–H and O–H groups in total. The summed E-state index contributed by atoms with van der Waals surface area (Å²) in [5, 5.41) is 3.49. The van der Waals surface area contributed by atoms with Crippen molar-refractivity contribution < 1.29 is 0 Å². The molecule has 0 heterocycles. The molecule has 0 rings (SSSR count). The molecule has 0 bridgehead atoms. The van der Waals surface area contributed by atoms with Crippen LogP contribution in [0.4, 0.5) is 0 Å². The van der Waals surface area contributed by atoms with Crippen molar-refractivity contribution in [2.24, 2.45) is 11.3 Å². The molecule has 0 aliphatic heterocycles. The van der Waals surface area contributed by atoms with Gasteiger partial charge >= 0.3 is 0 Å². The van der Waals surface area contributed by atoms with Gasteiger partial charge in [0.1, 0.15) is 0 Å². The van der Waals surface area contributed by atoms with E-state index in [1.807, 2.05) is 0 Å². The van der Waals surface area contributed by atoms with E-state index in [1.54, 1.807) is 0 Å². The summed E-state index contributed by atoms with van der Waals surface area (Å²) in [7, 11) is 0. The first-order chi connectivity index (χ1) is 6.98. The van der Waals surface area contributed by atoms with Crippen molar-refractivity contribution in [3.05, 3.63) is 0 Å². The number of hydrogen-bond donors (Lipinski definition) is 1. The zero-order valence-electron chi connectivity index (χ0n) is 10.9. The molecule has 0 saturated carbocycles. The average molecular weight is 209 g/mol. The molecule has 88 valence electrons. The molecule has 0 amide bonds. The Kier molecular flexibility index (Phi) is 7.52. The minimum atomic E-state index is 0.431. The quantitative estimate of drug-likeness (QED) is 0.477. The van der Waals surface area contributed by atoms with Gasteiger partial charge in [-0.05, 0) is 43.7 Å². The minimum Gasteiger partial charge on any atom is -0.316 e. The highest BCUT2D eigenvalue weighted by molar-refractivity contribution is 4.84. The van der Waals surface area contributed by atoms with E-state index < -0.39 is 0 Å². The Hall–Kier alpha value is -0.480. The van der Waals surface area contributed by atoms with Crippen molar-refractivity contribution in [3.63, 3.8) is 0 Å². The lowest BCUT2D eigenvalue weighted by atomic mass is 9.84. The summed E-state index contributed by atoms with van der Waals surface area (Å²) < 4.78 is 0. The molecule has 0 aromatic heterocycles. The van der Waals surface area contributed by atoms with Gasteiger partial charge in [-0.25, -0.2) is 0 Å². The number of unbranched alkanes of at least 4 members (excludes halogenated alkanes) is 1. The Labute approximate surface area is 96.0 Å². The first-order valence-corrected chi connectivity index (χ1v) is 6.12. The number of hydrogen-bond acceptors (Lipinski definition) is 1. The molecule has 0 atom stereocenters. The smallest absolute Gasteiger partial charge is 0.00862 e. The third kappa shape index (κ3) is 9.82. The number of rotatable bonds is 8. The van der Waals surface area contributed by atoms with Crippen molar-refractivity contribution in [1.82, 2.24) is 5.32 Å². The van der Waals surface area contributed by atoms with Gasteiger partial charge in [0.2, 0.25) is 0 Å². The largest absolute Gasteiger partial charge is 0.316 e. The molecule has 0 aromatic rings. The highest BCUT2D eigenvalue weighted by Crippen LogP contribution is 2.26. The van der Waals surface area contributed by atoms with Crippen LogP contribution in [0.3, 0.4) is 0 Å². The van der Waals surface area contributed by atoms with E-state index in [2.05, 4.69) is 38.9 Å². The second-order valence-electron chi connectivity index (χ2n) is 5.57. The van der Waals surface area contributed by atoms with Crippen LogP contribution < -0.4 is 5.32 Å². The highest BCUT2D eigenvalue weighted by Gasteiger charge is 2.16. The van der Waals surface area contributed by atoms with E-state index >= 15 is 0 Å². The van der Waals surface area contributed by atoms with Crippen molar-refractivity contribution in [2.75, 3.05) is 13.1 Å². The van der Waals surface area contributed by atoms with Crippen molar-refractivity contribution in [2.45, 2.75) is 53.4 Å². The number of terminal acetylenes is 1. The topological polar surface area (TPSA) is 12.0 Å². The summed E-state index contributed by atoms with van der Waals surface area (Å²) in [5.74, 6) is 3.45. The van der Waals surface area contributed by atoms with Crippen LogP contribution in [-0.4, -0.2) is 13.1 Å². The van der Waals surface area contributed by atoms with Gasteiger partial charge < -0.3 is 5.32 Å².